The van der Waals surface area contributed by atoms with Crippen LogP contribution in [0.3, 0.4) is 0 Å². The molecule has 0 bridgehead atoms. The Hall–Kier alpha value is -2.07. The van der Waals surface area contributed by atoms with Gasteiger partial charge in [0.25, 0.3) is 0 Å². The van der Waals surface area contributed by atoms with Crippen LogP contribution in [0.25, 0.3) is 0 Å². The van der Waals surface area contributed by atoms with Gasteiger partial charge in [0.05, 0.1) is 0 Å². The van der Waals surface area contributed by atoms with Crippen LogP contribution in [-0.4, -0.2) is 29.0 Å². The van der Waals surface area contributed by atoms with Crippen LogP contribution in [-0.2, 0) is 6.54 Å². The number of aromatic nitrogens is 1. The van der Waals surface area contributed by atoms with Gasteiger partial charge in [-0.3, -0.25) is 4.90 Å². The summed E-state index contributed by atoms with van der Waals surface area (Å²) in [4.78, 5) is 6.49. The summed E-state index contributed by atoms with van der Waals surface area (Å²) in [6, 6.07) is 14.9. The lowest BCUT2D eigenvalue weighted by atomic mass is 10.2. The zero-order valence-corrected chi connectivity index (χ0v) is 11.5. The molecule has 2 heterocycles. The first-order chi connectivity index (χ1) is 9.79. The number of nitrogens with one attached hydrogen (secondary N) is 1. The standard InChI is InChI=1S/C16H20N4/c17-16-10-13(6-8-18-16)11-20-9-7-15(12-20)19-14-4-2-1-3-5-14/h1-6,8,10,15,19H,7,9,11-12H2,(H2,17,18)/t15-/m1/s1. The third kappa shape index (κ3) is 3.27. The summed E-state index contributed by atoms with van der Waals surface area (Å²) in [7, 11) is 0. The molecule has 0 amide bonds. The normalized spacial score (nSPS) is 19.1. The Bertz CT molecular complexity index is 555. The summed E-state index contributed by atoms with van der Waals surface area (Å²) in [6.07, 6.45) is 2.95. The molecule has 4 nitrogen and oxygen atoms in total. The molecule has 1 aliphatic rings. The summed E-state index contributed by atoms with van der Waals surface area (Å²) >= 11 is 0. The molecule has 104 valence electrons. The van der Waals surface area contributed by atoms with Gasteiger partial charge in [-0.05, 0) is 36.2 Å². The SMILES string of the molecule is Nc1cc(CN2CC[C@@H](Nc3ccccc3)C2)ccn1. The van der Waals surface area contributed by atoms with E-state index in [4.69, 9.17) is 5.73 Å². The van der Waals surface area contributed by atoms with E-state index in [9.17, 15) is 0 Å². The molecule has 0 radical (unpaired) electrons. The van der Waals surface area contributed by atoms with E-state index >= 15 is 0 Å². The van der Waals surface area contributed by atoms with Crippen molar-refractivity contribution in [2.24, 2.45) is 0 Å². The van der Waals surface area contributed by atoms with Gasteiger partial charge in [0.15, 0.2) is 0 Å². The third-order valence-corrected chi connectivity index (χ3v) is 3.67. The zero-order chi connectivity index (χ0) is 13.8. The number of nitrogen functional groups attached to an aromatic ring is 1. The smallest absolute Gasteiger partial charge is 0.123 e. The van der Waals surface area contributed by atoms with E-state index < -0.39 is 0 Å². The highest BCUT2D eigenvalue weighted by Gasteiger charge is 2.22. The molecule has 1 aromatic carbocycles. The molecule has 20 heavy (non-hydrogen) atoms. The first-order valence-corrected chi connectivity index (χ1v) is 7.04. The summed E-state index contributed by atoms with van der Waals surface area (Å²) in [6.45, 7) is 3.13. The lowest BCUT2D eigenvalue weighted by Crippen LogP contribution is -2.26. The van der Waals surface area contributed by atoms with Gasteiger partial charge in [-0.15, -0.1) is 0 Å². The number of benzene rings is 1. The number of nitrogens with two attached hydrogens (primary N) is 1. The van der Waals surface area contributed by atoms with Crippen LogP contribution < -0.4 is 11.1 Å². The molecule has 4 heteroatoms. The fraction of sp³-hybridized carbons (Fsp3) is 0.312. The molecule has 1 saturated heterocycles. The predicted octanol–water partition coefficient (Wildman–Crippen LogP) is 2.35. The topological polar surface area (TPSA) is 54.2 Å². The minimum atomic E-state index is 0.525. The molecular weight excluding hydrogens is 248 g/mol. The maximum Gasteiger partial charge on any atom is 0.123 e. The average molecular weight is 268 g/mol. The fourth-order valence-corrected chi connectivity index (χ4v) is 2.72. The van der Waals surface area contributed by atoms with E-state index in [1.54, 1.807) is 6.20 Å². The van der Waals surface area contributed by atoms with Gasteiger partial charge < -0.3 is 11.1 Å². The number of hydrogen-bond acceptors (Lipinski definition) is 4. The Morgan fingerprint density at radius 3 is 2.90 bits per heavy atom. The molecule has 1 atom stereocenters. The Labute approximate surface area is 119 Å². The van der Waals surface area contributed by atoms with Crippen molar-refractivity contribution in [1.82, 2.24) is 9.88 Å². The van der Waals surface area contributed by atoms with E-state index in [1.807, 2.05) is 18.2 Å². The van der Waals surface area contributed by atoms with Gasteiger partial charge >= 0.3 is 0 Å². The van der Waals surface area contributed by atoms with Crippen molar-refractivity contribution in [2.45, 2.75) is 19.0 Å². The molecule has 0 unspecified atom stereocenters. The number of hydrogen-bond donors (Lipinski definition) is 2. The largest absolute Gasteiger partial charge is 0.384 e. The van der Waals surface area contributed by atoms with Crippen molar-refractivity contribution in [1.29, 1.82) is 0 Å². The van der Waals surface area contributed by atoms with Crippen LogP contribution >= 0.6 is 0 Å². The second-order valence-corrected chi connectivity index (χ2v) is 5.32. The summed E-state index contributed by atoms with van der Waals surface area (Å²) in [5, 5.41) is 3.59. The van der Waals surface area contributed by atoms with E-state index in [2.05, 4.69) is 39.5 Å². The highest BCUT2D eigenvalue weighted by molar-refractivity contribution is 5.43. The van der Waals surface area contributed by atoms with Gasteiger partial charge in [-0.2, -0.15) is 0 Å². The maximum absolute atomic E-state index is 5.72. The molecular formula is C16H20N4. The lowest BCUT2D eigenvalue weighted by molar-refractivity contribution is 0.328. The van der Waals surface area contributed by atoms with Gasteiger partial charge in [0.2, 0.25) is 0 Å². The fourth-order valence-electron chi connectivity index (χ4n) is 2.72. The number of likely N-dealkylation sites (tertiary alicyclic amines) is 1. The number of anilines is 2. The van der Waals surface area contributed by atoms with Gasteiger partial charge in [0.1, 0.15) is 5.82 Å². The second kappa shape index (κ2) is 5.92. The predicted molar refractivity (Wildman–Crippen MR) is 82.4 cm³/mol. The van der Waals surface area contributed by atoms with Crippen LogP contribution in [0.2, 0.25) is 0 Å². The Morgan fingerprint density at radius 1 is 1.25 bits per heavy atom. The summed E-state index contributed by atoms with van der Waals surface area (Å²) in [5.41, 5.74) is 8.16. The van der Waals surface area contributed by atoms with Crippen molar-refractivity contribution in [3.8, 4) is 0 Å². The number of rotatable bonds is 4. The van der Waals surface area contributed by atoms with Crippen LogP contribution in [0, 0.1) is 0 Å². The molecule has 2 aromatic rings. The molecule has 3 rings (SSSR count). The Balaban J connectivity index is 1.54. The quantitative estimate of drug-likeness (QED) is 0.893. The highest BCUT2D eigenvalue weighted by Crippen LogP contribution is 2.18. The van der Waals surface area contributed by atoms with Gasteiger partial charge in [0, 0.05) is 37.6 Å². The third-order valence-electron chi connectivity index (χ3n) is 3.67. The first-order valence-electron chi connectivity index (χ1n) is 7.04. The molecule has 1 aliphatic heterocycles. The van der Waals surface area contributed by atoms with Crippen LogP contribution in [0.4, 0.5) is 11.5 Å². The van der Waals surface area contributed by atoms with Crippen LogP contribution in [0.5, 0.6) is 0 Å². The van der Waals surface area contributed by atoms with E-state index in [0.29, 0.717) is 11.9 Å². The minimum Gasteiger partial charge on any atom is -0.384 e. The average Bonchev–Trinajstić information content (AvgIpc) is 2.87. The Morgan fingerprint density at radius 2 is 2.10 bits per heavy atom. The molecule has 0 saturated carbocycles. The van der Waals surface area contributed by atoms with Crippen LogP contribution in [0.1, 0.15) is 12.0 Å². The number of pyridine rings is 1. The van der Waals surface area contributed by atoms with Gasteiger partial charge in [-0.25, -0.2) is 4.98 Å². The van der Waals surface area contributed by atoms with E-state index in [0.717, 1.165) is 19.6 Å². The second-order valence-electron chi connectivity index (χ2n) is 5.32. The van der Waals surface area contributed by atoms with Crippen molar-refractivity contribution in [2.75, 3.05) is 24.1 Å². The zero-order valence-electron chi connectivity index (χ0n) is 11.5. The van der Waals surface area contributed by atoms with Crippen molar-refractivity contribution in [3.63, 3.8) is 0 Å². The van der Waals surface area contributed by atoms with Gasteiger partial charge in [-0.1, -0.05) is 18.2 Å². The summed E-state index contributed by atoms with van der Waals surface area (Å²) in [5.74, 6) is 0.598. The van der Waals surface area contributed by atoms with Crippen molar-refractivity contribution in [3.05, 3.63) is 54.2 Å². The molecule has 3 N–H and O–H groups in total. The van der Waals surface area contributed by atoms with E-state index in [1.165, 1.54) is 17.7 Å². The Kier molecular flexibility index (Phi) is 3.83. The first kappa shape index (κ1) is 12.9. The molecule has 1 fully saturated rings. The summed E-state index contributed by atoms with van der Waals surface area (Å²) < 4.78 is 0. The minimum absolute atomic E-state index is 0.525. The number of para-hydroxylation sites is 1. The highest BCUT2D eigenvalue weighted by atomic mass is 15.2. The molecule has 0 spiro atoms. The molecule has 0 aliphatic carbocycles. The molecule has 1 aromatic heterocycles. The van der Waals surface area contributed by atoms with Crippen LogP contribution in [0.15, 0.2) is 48.7 Å². The van der Waals surface area contributed by atoms with E-state index in [-0.39, 0.29) is 0 Å². The monoisotopic (exact) mass is 268 g/mol. The maximum atomic E-state index is 5.72. The number of nitrogens with zero attached hydrogens (tertiary/aromatic N) is 2. The lowest BCUT2D eigenvalue weighted by Gasteiger charge is -2.17. The van der Waals surface area contributed by atoms with Crippen molar-refractivity contribution < 1.29 is 0 Å². The van der Waals surface area contributed by atoms with Crippen molar-refractivity contribution >= 4 is 11.5 Å².